The molecule has 0 aromatic rings. The summed E-state index contributed by atoms with van der Waals surface area (Å²) in [7, 11) is 0. The van der Waals surface area contributed by atoms with Crippen LogP contribution in [0.25, 0.3) is 0 Å². The van der Waals surface area contributed by atoms with Crippen molar-refractivity contribution in [2.24, 2.45) is 5.92 Å². The Labute approximate surface area is 86.8 Å². The molecule has 2 heteroatoms. The van der Waals surface area contributed by atoms with Crippen LogP contribution in [0.4, 0.5) is 0 Å². The molecular weight excluding hydrogens is 174 g/mol. The largest absolute Gasteiger partial charge is 0.350 e. The van der Waals surface area contributed by atoms with Gasteiger partial charge in [-0.15, -0.1) is 0 Å². The molecule has 0 radical (unpaired) electrons. The van der Waals surface area contributed by atoms with Crippen LogP contribution in [-0.2, 0) is 4.79 Å². The highest BCUT2D eigenvalue weighted by atomic mass is 16.1. The van der Waals surface area contributed by atoms with E-state index in [1.165, 1.54) is 12.8 Å². The van der Waals surface area contributed by atoms with Gasteiger partial charge in [0.25, 0.3) is 0 Å². The van der Waals surface area contributed by atoms with Crippen LogP contribution in [0.3, 0.4) is 0 Å². The molecule has 1 rings (SSSR count). The fourth-order valence-corrected chi connectivity index (χ4v) is 1.83. The molecule has 1 N–H and O–H groups in total. The van der Waals surface area contributed by atoms with Crippen molar-refractivity contribution < 1.29 is 4.79 Å². The Kier molecular flexibility index (Phi) is 4.18. The topological polar surface area (TPSA) is 29.1 Å². The summed E-state index contributed by atoms with van der Waals surface area (Å²) in [6.07, 6.45) is 6.65. The van der Waals surface area contributed by atoms with Crippen molar-refractivity contribution in [3.8, 4) is 0 Å². The van der Waals surface area contributed by atoms with Crippen LogP contribution in [0.1, 0.15) is 46.5 Å². The Bertz CT molecular complexity index is 224. The first-order valence-corrected chi connectivity index (χ1v) is 5.57. The SMILES string of the molecule is C/C=C(\C)C(=O)NC1CCC(C)CC1. The summed E-state index contributed by atoms with van der Waals surface area (Å²) >= 11 is 0. The van der Waals surface area contributed by atoms with Gasteiger partial charge in [0.1, 0.15) is 0 Å². The molecule has 0 aromatic carbocycles. The third-order valence-corrected chi connectivity index (χ3v) is 3.14. The van der Waals surface area contributed by atoms with Gasteiger partial charge in [0.2, 0.25) is 5.91 Å². The van der Waals surface area contributed by atoms with E-state index in [2.05, 4.69) is 12.2 Å². The Morgan fingerprint density at radius 2 is 1.86 bits per heavy atom. The summed E-state index contributed by atoms with van der Waals surface area (Å²) in [6, 6.07) is 0.411. The number of nitrogens with one attached hydrogen (secondary N) is 1. The molecule has 2 nitrogen and oxygen atoms in total. The molecule has 0 saturated heterocycles. The van der Waals surface area contributed by atoms with E-state index in [9.17, 15) is 4.79 Å². The highest BCUT2D eigenvalue weighted by Crippen LogP contribution is 2.23. The summed E-state index contributed by atoms with van der Waals surface area (Å²) in [5.74, 6) is 0.943. The summed E-state index contributed by atoms with van der Waals surface area (Å²) in [5.41, 5.74) is 0.823. The van der Waals surface area contributed by atoms with Crippen LogP contribution in [-0.4, -0.2) is 11.9 Å². The molecule has 0 heterocycles. The maximum absolute atomic E-state index is 11.5. The fraction of sp³-hybridized carbons (Fsp3) is 0.750. The van der Waals surface area contributed by atoms with Gasteiger partial charge >= 0.3 is 0 Å². The van der Waals surface area contributed by atoms with Crippen molar-refractivity contribution in [2.75, 3.05) is 0 Å². The predicted octanol–water partition coefficient (Wildman–Crippen LogP) is 2.65. The molecule has 0 bridgehead atoms. The Hall–Kier alpha value is -0.790. The van der Waals surface area contributed by atoms with Crippen LogP contribution in [0.15, 0.2) is 11.6 Å². The van der Waals surface area contributed by atoms with Gasteiger partial charge in [-0.2, -0.15) is 0 Å². The van der Waals surface area contributed by atoms with Gasteiger partial charge in [0.05, 0.1) is 0 Å². The summed E-state index contributed by atoms with van der Waals surface area (Å²) in [5, 5.41) is 3.08. The standard InChI is InChI=1S/C12H21NO/c1-4-10(3)12(14)13-11-7-5-9(2)6-8-11/h4,9,11H,5-8H2,1-3H3,(H,13,14)/b10-4+. The molecule has 1 aliphatic rings. The van der Waals surface area contributed by atoms with Crippen molar-refractivity contribution in [1.29, 1.82) is 0 Å². The lowest BCUT2D eigenvalue weighted by molar-refractivity contribution is -0.118. The molecule has 1 fully saturated rings. The van der Waals surface area contributed by atoms with E-state index in [0.717, 1.165) is 24.3 Å². The fourth-order valence-electron chi connectivity index (χ4n) is 1.83. The number of rotatable bonds is 2. The van der Waals surface area contributed by atoms with Gasteiger partial charge in [-0.25, -0.2) is 0 Å². The Morgan fingerprint density at radius 1 is 1.29 bits per heavy atom. The van der Waals surface area contributed by atoms with Gasteiger partial charge in [-0.05, 0) is 45.4 Å². The average Bonchev–Trinajstić information content (AvgIpc) is 2.20. The van der Waals surface area contributed by atoms with Crippen LogP contribution in [0.2, 0.25) is 0 Å². The molecule has 14 heavy (non-hydrogen) atoms. The van der Waals surface area contributed by atoms with Crippen LogP contribution in [0, 0.1) is 5.92 Å². The predicted molar refractivity (Wildman–Crippen MR) is 59.0 cm³/mol. The van der Waals surface area contributed by atoms with Gasteiger partial charge < -0.3 is 5.32 Å². The van der Waals surface area contributed by atoms with Crippen LogP contribution < -0.4 is 5.32 Å². The first-order chi connectivity index (χ1) is 6.63. The average molecular weight is 195 g/mol. The zero-order valence-electron chi connectivity index (χ0n) is 9.47. The minimum Gasteiger partial charge on any atom is -0.350 e. The summed E-state index contributed by atoms with van der Waals surface area (Å²) in [4.78, 5) is 11.5. The molecule has 80 valence electrons. The lowest BCUT2D eigenvalue weighted by atomic mass is 9.87. The van der Waals surface area contributed by atoms with E-state index in [4.69, 9.17) is 0 Å². The number of amides is 1. The maximum Gasteiger partial charge on any atom is 0.246 e. The first kappa shape index (κ1) is 11.3. The van der Waals surface area contributed by atoms with E-state index in [0.29, 0.717) is 6.04 Å². The number of hydrogen-bond acceptors (Lipinski definition) is 1. The van der Waals surface area contributed by atoms with E-state index >= 15 is 0 Å². The first-order valence-electron chi connectivity index (χ1n) is 5.57. The zero-order chi connectivity index (χ0) is 10.6. The lowest BCUT2D eigenvalue weighted by Gasteiger charge is -2.26. The number of carbonyl (C=O) groups excluding carboxylic acids is 1. The Balaban J connectivity index is 2.35. The maximum atomic E-state index is 11.5. The van der Waals surface area contributed by atoms with Gasteiger partial charge in [0, 0.05) is 11.6 Å². The molecule has 1 aliphatic carbocycles. The highest BCUT2D eigenvalue weighted by Gasteiger charge is 2.19. The van der Waals surface area contributed by atoms with E-state index in [-0.39, 0.29) is 5.91 Å². The number of hydrogen-bond donors (Lipinski definition) is 1. The molecule has 0 atom stereocenters. The highest BCUT2D eigenvalue weighted by molar-refractivity contribution is 5.92. The normalized spacial score (nSPS) is 28.6. The van der Waals surface area contributed by atoms with Crippen LogP contribution >= 0.6 is 0 Å². The minimum atomic E-state index is 0.104. The van der Waals surface area contributed by atoms with Gasteiger partial charge in [-0.1, -0.05) is 13.0 Å². The monoisotopic (exact) mass is 195 g/mol. The summed E-state index contributed by atoms with van der Waals surface area (Å²) < 4.78 is 0. The van der Waals surface area contributed by atoms with Crippen molar-refractivity contribution >= 4 is 5.91 Å². The minimum absolute atomic E-state index is 0.104. The third kappa shape index (κ3) is 3.17. The molecule has 0 unspecified atom stereocenters. The second-order valence-corrected chi connectivity index (χ2v) is 4.40. The van der Waals surface area contributed by atoms with Crippen molar-refractivity contribution in [1.82, 2.24) is 5.32 Å². The molecule has 1 saturated carbocycles. The third-order valence-electron chi connectivity index (χ3n) is 3.14. The summed E-state index contributed by atoms with van der Waals surface area (Å²) in [6.45, 7) is 6.05. The van der Waals surface area contributed by atoms with E-state index < -0.39 is 0 Å². The lowest BCUT2D eigenvalue weighted by Crippen LogP contribution is -2.37. The van der Waals surface area contributed by atoms with Gasteiger partial charge in [-0.3, -0.25) is 4.79 Å². The van der Waals surface area contributed by atoms with Crippen molar-refractivity contribution in [3.05, 3.63) is 11.6 Å². The molecular formula is C12H21NO. The van der Waals surface area contributed by atoms with E-state index in [1.54, 1.807) is 0 Å². The van der Waals surface area contributed by atoms with Crippen molar-refractivity contribution in [2.45, 2.75) is 52.5 Å². The Morgan fingerprint density at radius 3 is 2.36 bits per heavy atom. The zero-order valence-corrected chi connectivity index (χ0v) is 9.47. The number of allylic oxidation sites excluding steroid dienone is 1. The molecule has 0 spiro atoms. The second-order valence-electron chi connectivity index (χ2n) is 4.40. The quantitative estimate of drug-likeness (QED) is 0.674. The van der Waals surface area contributed by atoms with Crippen molar-refractivity contribution in [3.63, 3.8) is 0 Å². The molecule has 0 aliphatic heterocycles. The smallest absolute Gasteiger partial charge is 0.246 e. The van der Waals surface area contributed by atoms with Crippen LogP contribution in [0.5, 0.6) is 0 Å². The van der Waals surface area contributed by atoms with E-state index in [1.807, 2.05) is 19.9 Å². The molecule has 0 aromatic heterocycles. The second kappa shape index (κ2) is 5.18. The number of carbonyl (C=O) groups is 1. The molecule has 1 amide bonds. The van der Waals surface area contributed by atoms with Gasteiger partial charge in [0.15, 0.2) is 0 Å².